The largest absolute Gasteiger partial charge is 0.339 e. The first-order valence-electron chi connectivity index (χ1n) is 8.69. The Morgan fingerprint density at radius 3 is 1.96 bits per heavy atom. The van der Waals surface area contributed by atoms with Crippen molar-refractivity contribution in [2.45, 2.75) is 33.2 Å². The Hall–Kier alpha value is -2.70. The lowest BCUT2D eigenvalue weighted by atomic mass is 10.0. The third kappa shape index (κ3) is 2.98. The summed E-state index contributed by atoms with van der Waals surface area (Å²) in [7, 11) is 0. The minimum Gasteiger partial charge on any atom is -0.339 e. The fraction of sp³-hybridized carbons (Fsp3) is 0.474. The molecule has 1 fully saturated rings. The molecule has 26 heavy (non-hydrogen) atoms. The van der Waals surface area contributed by atoms with Crippen LogP contribution in [0.2, 0.25) is 0 Å². The molecule has 0 aliphatic carbocycles. The Kier molecular flexibility index (Phi) is 4.34. The summed E-state index contributed by atoms with van der Waals surface area (Å²) in [6.45, 7) is 8.83. The predicted octanol–water partition coefficient (Wildman–Crippen LogP) is 1.39. The lowest BCUT2D eigenvalue weighted by Crippen LogP contribution is -2.50. The van der Waals surface area contributed by atoms with Crippen LogP contribution in [0, 0.1) is 0 Å². The number of piperazine rings is 1. The van der Waals surface area contributed by atoms with Gasteiger partial charge in [-0.1, -0.05) is 0 Å². The maximum Gasteiger partial charge on any atom is 0.262 e. The summed E-state index contributed by atoms with van der Waals surface area (Å²) in [5.41, 5.74) is 0.373. The van der Waals surface area contributed by atoms with E-state index in [1.54, 1.807) is 42.7 Å². The summed E-state index contributed by atoms with van der Waals surface area (Å²) in [6.07, 6.45) is 0. The number of imide groups is 1. The number of carbonyl (C=O) groups is 4. The molecule has 1 aromatic carbocycles. The van der Waals surface area contributed by atoms with E-state index in [1.165, 1.54) is 17.9 Å². The second-order valence-electron chi connectivity index (χ2n) is 7.68. The summed E-state index contributed by atoms with van der Waals surface area (Å²) >= 11 is 0. The van der Waals surface area contributed by atoms with Gasteiger partial charge < -0.3 is 9.80 Å². The van der Waals surface area contributed by atoms with Crippen molar-refractivity contribution in [3.63, 3.8) is 0 Å². The van der Waals surface area contributed by atoms with Crippen LogP contribution in [0.15, 0.2) is 18.2 Å². The summed E-state index contributed by atoms with van der Waals surface area (Å²) in [6, 6.07) is 4.66. The molecule has 0 aromatic heterocycles. The molecule has 0 saturated carbocycles. The quantitative estimate of drug-likeness (QED) is 0.712. The number of rotatable bonds is 1. The van der Waals surface area contributed by atoms with Gasteiger partial charge in [-0.25, -0.2) is 0 Å². The average molecular weight is 357 g/mol. The van der Waals surface area contributed by atoms with Gasteiger partial charge in [0.2, 0.25) is 5.91 Å². The van der Waals surface area contributed by atoms with Crippen molar-refractivity contribution in [3.8, 4) is 0 Å². The first-order chi connectivity index (χ1) is 12.1. The SMILES string of the molecule is CC(=O)N1CCN(C(=O)c2ccc3c(c2)C(=O)N(C(C)(C)C)C3=O)CC1. The van der Waals surface area contributed by atoms with E-state index in [-0.39, 0.29) is 29.2 Å². The molecule has 0 atom stereocenters. The second-order valence-corrected chi connectivity index (χ2v) is 7.68. The van der Waals surface area contributed by atoms with E-state index >= 15 is 0 Å². The number of carbonyl (C=O) groups excluding carboxylic acids is 4. The molecule has 2 aliphatic rings. The maximum atomic E-state index is 12.8. The number of amides is 4. The monoisotopic (exact) mass is 357 g/mol. The van der Waals surface area contributed by atoms with Gasteiger partial charge in [0.15, 0.2) is 0 Å². The minimum absolute atomic E-state index is 0.000936. The molecular weight excluding hydrogens is 334 g/mol. The van der Waals surface area contributed by atoms with E-state index in [0.29, 0.717) is 37.3 Å². The number of fused-ring (bicyclic) bond motifs is 1. The number of hydrogen-bond acceptors (Lipinski definition) is 4. The third-order valence-corrected chi connectivity index (χ3v) is 4.82. The van der Waals surface area contributed by atoms with Gasteiger partial charge in [-0.2, -0.15) is 0 Å². The van der Waals surface area contributed by atoms with Crippen LogP contribution in [-0.2, 0) is 4.79 Å². The van der Waals surface area contributed by atoms with Crippen LogP contribution in [-0.4, -0.2) is 70.0 Å². The number of nitrogens with zero attached hydrogens (tertiary/aromatic N) is 3. The molecule has 0 unspecified atom stereocenters. The summed E-state index contributed by atoms with van der Waals surface area (Å²) in [5, 5.41) is 0. The van der Waals surface area contributed by atoms with Crippen molar-refractivity contribution in [2.75, 3.05) is 26.2 Å². The topological polar surface area (TPSA) is 78.0 Å². The van der Waals surface area contributed by atoms with Crippen molar-refractivity contribution in [3.05, 3.63) is 34.9 Å². The van der Waals surface area contributed by atoms with E-state index in [0.717, 1.165) is 0 Å². The van der Waals surface area contributed by atoms with Crippen LogP contribution in [0.25, 0.3) is 0 Å². The highest BCUT2D eigenvalue weighted by Crippen LogP contribution is 2.30. The van der Waals surface area contributed by atoms with Crippen molar-refractivity contribution >= 4 is 23.6 Å². The highest BCUT2D eigenvalue weighted by molar-refractivity contribution is 6.22. The molecule has 138 valence electrons. The molecule has 0 bridgehead atoms. The van der Waals surface area contributed by atoms with Crippen LogP contribution < -0.4 is 0 Å². The lowest BCUT2D eigenvalue weighted by molar-refractivity contribution is -0.130. The van der Waals surface area contributed by atoms with Gasteiger partial charge in [0, 0.05) is 44.2 Å². The van der Waals surface area contributed by atoms with Gasteiger partial charge in [0.25, 0.3) is 17.7 Å². The predicted molar refractivity (Wildman–Crippen MR) is 94.9 cm³/mol. The highest BCUT2D eigenvalue weighted by atomic mass is 16.2. The van der Waals surface area contributed by atoms with Gasteiger partial charge in [-0.3, -0.25) is 24.1 Å². The highest BCUT2D eigenvalue weighted by Gasteiger charge is 2.42. The molecule has 0 N–H and O–H groups in total. The van der Waals surface area contributed by atoms with E-state index in [9.17, 15) is 19.2 Å². The standard InChI is InChI=1S/C19H23N3O4/c1-12(23)20-7-9-21(10-8-20)16(24)13-5-6-14-15(11-13)18(26)22(17(14)25)19(2,3)4/h5-6,11H,7-10H2,1-4H3. The minimum atomic E-state index is -0.625. The Morgan fingerprint density at radius 1 is 0.885 bits per heavy atom. The van der Waals surface area contributed by atoms with Crippen molar-refractivity contribution < 1.29 is 19.2 Å². The van der Waals surface area contributed by atoms with Crippen LogP contribution in [0.5, 0.6) is 0 Å². The zero-order chi connectivity index (χ0) is 19.2. The molecule has 1 aromatic rings. The third-order valence-electron chi connectivity index (χ3n) is 4.82. The zero-order valence-corrected chi connectivity index (χ0v) is 15.5. The van der Waals surface area contributed by atoms with Crippen LogP contribution in [0.1, 0.15) is 58.8 Å². The molecule has 7 heteroatoms. The molecule has 3 rings (SSSR count). The van der Waals surface area contributed by atoms with Gasteiger partial charge in [0.05, 0.1) is 11.1 Å². The van der Waals surface area contributed by atoms with E-state index in [1.807, 2.05) is 0 Å². The first kappa shape index (κ1) is 18.1. The van der Waals surface area contributed by atoms with Crippen LogP contribution in [0.3, 0.4) is 0 Å². The van der Waals surface area contributed by atoms with Gasteiger partial charge >= 0.3 is 0 Å². The fourth-order valence-electron chi connectivity index (χ4n) is 3.39. The smallest absolute Gasteiger partial charge is 0.262 e. The zero-order valence-electron chi connectivity index (χ0n) is 15.5. The van der Waals surface area contributed by atoms with Crippen molar-refractivity contribution in [2.24, 2.45) is 0 Å². The van der Waals surface area contributed by atoms with E-state index < -0.39 is 5.54 Å². The van der Waals surface area contributed by atoms with Crippen LogP contribution >= 0.6 is 0 Å². The Labute approximate surface area is 152 Å². The maximum absolute atomic E-state index is 12.8. The van der Waals surface area contributed by atoms with E-state index in [2.05, 4.69) is 0 Å². The van der Waals surface area contributed by atoms with Crippen molar-refractivity contribution in [1.29, 1.82) is 0 Å². The molecule has 0 radical (unpaired) electrons. The summed E-state index contributed by atoms with van der Waals surface area (Å²) in [5.74, 6) is -0.883. The van der Waals surface area contributed by atoms with Gasteiger partial charge in [0.1, 0.15) is 0 Å². The molecule has 7 nitrogen and oxygen atoms in total. The normalized spacial score (nSPS) is 17.6. The molecular formula is C19H23N3O4. The molecule has 4 amide bonds. The number of hydrogen-bond donors (Lipinski definition) is 0. The molecule has 0 spiro atoms. The first-order valence-corrected chi connectivity index (χ1v) is 8.69. The van der Waals surface area contributed by atoms with Gasteiger partial charge in [-0.15, -0.1) is 0 Å². The summed E-state index contributed by atoms with van der Waals surface area (Å²) < 4.78 is 0. The molecule has 2 aliphatic heterocycles. The average Bonchev–Trinajstić information content (AvgIpc) is 2.84. The molecule has 1 saturated heterocycles. The number of benzene rings is 1. The second kappa shape index (κ2) is 6.23. The Balaban J connectivity index is 1.82. The van der Waals surface area contributed by atoms with E-state index in [4.69, 9.17) is 0 Å². The fourth-order valence-corrected chi connectivity index (χ4v) is 3.39. The Bertz CT molecular complexity index is 801. The lowest BCUT2D eigenvalue weighted by Gasteiger charge is -2.34. The summed E-state index contributed by atoms with van der Waals surface area (Å²) in [4.78, 5) is 53.9. The molecule has 2 heterocycles. The van der Waals surface area contributed by atoms with Crippen molar-refractivity contribution in [1.82, 2.24) is 14.7 Å². The van der Waals surface area contributed by atoms with Gasteiger partial charge in [-0.05, 0) is 39.0 Å². The Morgan fingerprint density at radius 2 is 1.42 bits per heavy atom. The van der Waals surface area contributed by atoms with Crippen LogP contribution in [0.4, 0.5) is 0 Å².